The Balaban J connectivity index is 1.74. The molecule has 26 heavy (non-hydrogen) atoms. The molecule has 0 bridgehead atoms. The maximum absolute atomic E-state index is 11.8. The number of pyridine rings is 1. The normalized spacial score (nSPS) is 12.2. The molecule has 3 aromatic rings. The van der Waals surface area contributed by atoms with E-state index in [1.165, 1.54) is 42.2 Å². The molecule has 132 valence electrons. The zero-order valence-corrected chi connectivity index (χ0v) is 15.3. The van der Waals surface area contributed by atoms with Crippen molar-refractivity contribution in [3.8, 4) is 21.3 Å². The van der Waals surface area contributed by atoms with Crippen LogP contribution in [0.5, 0.6) is 10.8 Å². The molecule has 0 unspecified atom stereocenters. The molecule has 3 heterocycles. The fraction of sp³-hybridized carbons (Fsp3) is 0.176. The Morgan fingerprint density at radius 3 is 2.77 bits per heavy atom. The Morgan fingerprint density at radius 1 is 1.23 bits per heavy atom. The SMILES string of the molecule is COC(=O)c1ccc(Oc2sc(C(N)=O)c3c2-c2sncc2CC3)cn1. The zero-order valence-electron chi connectivity index (χ0n) is 13.6. The average molecular weight is 387 g/mol. The predicted octanol–water partition coefficient (Wildman–Crippen LogP) is 3.04. The van der Waals surface area contributed by atoms with Crippen LogP contribution in [-0.2, 0) is 17.6 Å². The van der Waals surface area contributed by atoms with E-state index in [0.29, 0.717) is 15.7 Å². The van der Waals surface area contributed by atoms with E-state index in [1.54, 1.807) is 6.07 Å². The summed E-state index contributed by atoms with van der Waals surface area (Å²) in [7, 11) is 1.30. The molecule has 9 heteroatoms. The van der Waals surface area contributed by atoms with Gasteiger partial charge < -0.3 is 15.2 Å². The van der Waals surface area contributed by atoms with Gasteiger partial charge in [0.15, 0.2) is 5.06 Å². The first-order chi connectivity index (χ1) is 12.6. The standard InChI is InChI=1S/C17H13N3O4S2/c1-23-16(22)11-5-3-9(7-19-11)24-17-12-10(14(25-17)15(18)21)4-2-8-6-20-26-13(8)12/h3,5-7H,2,4H2,1H3,(H2,18,21). The largest absolute Gasteiger partial charge is 0.464 e. The summed E-state index contributed by atoms with van der Waals surface area (Å²) in [5.74, 6) is -0.530. The minimum absolute atomic E-state index is 0.190. The Hall–Kier alpha value is -2.78. The van der Waals surface area contributed by atoms with Crippen molar-refractivity contribution in [3.63, 3.8) is 0 Å². The number of carbonyl (C=O) groups is 2. The van der Waals surface area contributed by atoms with Crippen molar-refractivity contribution in [3.05, 3.63) is 46.2 Å². The summed E-state index contributed by atoms with van der Waals surface area (Å²) in [6.07, 6.45) is 4.84. The minimum Gasteiger partial charge on any atom is -0.464 e. The maximum Gasteiger partial charge on any atom is 0.356 e. The predicted molar refractivity (Wildman–Crippen MR) is 97.0 cm³/mol. The molecular formula is C17H13N3O4S2. The first-order valence-corrected chi connectivity index (χ1v) is 9.29. The van der Waals surface area contributed by atoms with Crippen LogP contribution < -0.4 is 10.5 Å². The number of carbonyl (C=O) groups excluding carboxylic acids is 2. The molecule has 0 aromatic carbocycles. The Kier molecular flexibility index (Phi) is 4.17. The molecule has 0 atom stereocenters. The molecule has 1 amide bonds. The summed E-state index contributed by atoms with van der Waals surface area (Å²) in [5.41, 5.74) is 8.67. The number of fused-ring (bicyclic) bond motifs is 3. The van der Waals surface area contributed by atoms with Gasteiger partial charge in [-0.3, -0.25) is 4.79 Å². The van der Waals surface area contributed by atoms with E-state index in [2.05, 4.69) is 14.1 Å². The van der Waals surface area contributed by atoms with Gasteiger partial charge in [-0.1, -0.05) is 11.3 Å². The van der Waals surface area contributed by atoms with Crippen molar-refractivity contribution in [1.29, 1.82) is 0 Å². The van der Waals surface area contributed by atoms with Gasteiger partial charge in [0.1, 0.15) is 11.4 Å². The van der Waals surface area contributed by atoms with E-state index in [1.807, 2.05) is 6.20 Å². The fourth-order valence-electron chi connectivity index (χ4n) is 2.86. The van der Waals surface area contributed by atoms with Gasteiger partial charge in [-0.2, -0.15) is 0 Å². The second-order valence-corrected chi connectivity index (χ2v) is 7.37. The first kappa shape index (κ1) is 16.7. The van der Waals surface area contributed by atoms with E-state index in [4.69, 9.17) is 10.5 Å². The zero-order chi connectivity index (χ0) is 18.3. The fourth-order valence-corrected chi connectivity index (χ4v) is 4.87. The van der Waals surface area contributed by atoms with Crippen molar-refractivity contribution < 1.29 is 19.1 Å². The summed E-state index contributed by atoms with van der Waals surface area (Å²) in [6.45, 7) is 0. The highest BCUT2D eigenvalue weighted by molar-refractivity contribution is 7.17. The number of nitrogens with two attached hydrogens (primary N) is 1. The molecule has 1 aliphatic rings. The number of hydrogen-bond donors (Lipinski definition) is 1. The van der Waals surface area contributed by atoms with Gasteiger partial charge in [-0.15, -0.1) is 0 Å². The van der Waals surface area contributed by atoms with Crippen LogP contribution in [0.1, 0.15) is 31.3 Å². The van der Waals surface area contributed by atoms with Crippen LogP contribution in [0.25, 0.3) is 10.4 Å². The van der Waals surface area contributed by atoms with Gasteiger partial charge in [0.2, 0.25) is 0 Å². The lowest BCUT2D eigenvalue weighted by molar-refractivity contribution is 0.0594. The van der Waals surface area contributed by atoms with E-state index in [9.17, 15) is 9.59 Å². The van der Waals surface area contributed by atoms with Crippen LogP contribution in [0, 0.1) is 0 Å². The summed E-state index contributed by atoms with van der Waals surface area (Å²) in [5, 5.41) is 0.576. The van der Waals surface area contributed by atoms with Crippen LogP contribution in [0.4, 0.5) is 0 Å². The summed E-state index contributed by atoms with van der Waals surface area (Å²) in [6, 6.07) is 3.15. The molecule has 4 rings (SSSR count). The Bertz CT molecular complexity index is 1010. The molecule has 0 radical (unpaired) electrons. The van der Waals surface area contributed by atoms with Gasteiger partial charge in [0, 0.05) is 6.20 Å². The number of hydrogen-bond acceptors (Lipinski definition) is 8. The smallest absolute Gasteiger partial charge is 0.356 e. The molecule has 2 N–H and O–H groups in total. The quantitative estimate of drug-likeness (QED) is 0.690. The maximum atomic E-state index is 11.8. The van der Waals surface area contributed by atoms with E-state index >= 15 is 0 Å². The average Bonchev–Trinajstić information content (AvgIpc) is 3.26. The number of primary amides is 1. The lowest BCUT2D eigenvalue weighted by atomic mass is 9.93. The summed E-state index contributed by atoms with van der Waals surface area (Å²) in [4.78, 5) is 28.9. The van der Waals surface area contributed by atoms with Gasteiger partial charge in [0.25, 0.3) is 5.91 Å². The molecular weight excluding hydrogens is 374 g/mol. The van der Waals surface area contributed by atoms with Gasteiger partial charge in [-0.05, 0) is 47.6 Å². The van der Waals surface area contributed by atoms with Crippen molar-refractivity contribution in [2.45, 2.75) is 12.8 Å². The third kappa shape index (κ3) is 2.74. The number of rotatable bonds is 4. The number of methoxy groups -OCH3 is 1. The molecule has 0 spiro atoms. The number of amides is 1. The third-order valence-corrected chi connectivity index (χ3v) is 6.04. The lowest BCUT2D eigenvalue weighted by Gasteiger charge is -2.14. The summed E-state index contributed by atoms with van der Waals surface area (Å²) < 4.78 is 14.9. The first-order valence-electron chi connectivity index (χ1n) is 7.70. The van der Waals surface area contributed by atoms with Crippen LogP contribution in [0.15, 0.2) is 24.5 Å². The van der Waals surface area contributed by atoms with Crippen molar-refractivity contribution in [2.24, 2.45) is 5.73 Å². The van der Waals surface area contributed by atoms with E-state index < -0.39 is 11.9 Å². The second-order valence-electron chi connectivity index (χ2n) is 5.59. The number of esters is 1. The molecule has 0 saturated heterocycles. The third-order valence-electron chi connectivity index (χ3n) is 4.06. The molecule has 1 aliphatic carbocycles. The number of ether oxygens (including phenoxy) is 2. The van der Waals surface area contributed by atoms with Gasteiger partial charge in [0.05, 0.1) is 28.6 Å². The Labute approximate surface area is 156 Å². The van der Waals surface area contributed by atoms with Crippen LogP contribution in [0.3, 0.4) is 0 Å². The highest BCUT2D eigenvalue weighted by atomic mass is 32.1. The van der Waals surface area contributed by atoms with Gasteiger partial charge >= 0.3 is 5.97 Å². The van der Waals surface area contributed by atoms with E-state index in [0.717, 1.165) is 34.4 Å². The van der Waals surface area contributed by atoms with Gasteiger partial charge in [-0.25, -0.2) is 14.2 Å². The topological polar surface area (TPSA) is 104 Å². The number of aryl methyl sites for hydroxylation is 1. The van der Waals surface area contributed by atoms with Crippen LogP contribution >= 0.6 is 22.9 Å². The molecule has 0 saturated carbocycles. The number of aromatic nitrogens is 2. The molecule has 3 aromatic heterocycles. The number of thiophene rings is 1. The van der Waals surface area contributed by atoms with Crippen molar-refractivity contribution in [2.75, 3.05) is 7.11 Å². The summed E-state index contributed by atoms with van der Waals surface area (Å²) >= 11 is 2.60. The van der Waals surface area contributed by atoms with Crippen molar-refractivity contribution >= 4 is 34.7 Å². The Morgan fingerprint density at radius 2 is 2.08 bits per heavy atom. The monoisotopic (exact) mass is 387 g/mol. The lowest BCUT2D eigenvalue weighted by Crippen LogP contribution is -2.12. The van der Waals surface area contributed by atoms with Crippen LogP contribution in [0.2, 0.25) is 0 Å². The molecule has 7 nitrogen and oxygen atoms in total. The number of nitrogens with zero attached hydrogens (tertiary/aromatic N) is 2. The second kappa shape index (κ2) is 6.50. The highest BCUT2D eigenvalue weighted by Gasteiger charge is 2.30. The van der Waals surface area contributed by atoms with Crippen molar-refractivity contribution in [1.82, 2.24) is 9.36 Å². The van der Waals surface area contributed by atoms with Crippen LogP contribution in [-0.4, -0.2) is 28.3 Å². The highest BCUT2D eigenvalue weighted by Crippen LogP contribution is 2.49. The van der Waals surface area contributed by atoms with E-state index in [-0.39, 0.29) is 5.69 Å². The molecule has 0 fully saturated rings. The minimum atomic E-state index is -0.518. The molecule has 0 aliphatic heterocycles.